The summed E-state index contributed by atoms with van der Waals surface area (Å²) in [6.45, 7) is 3.91. The lowest BCUT2D eigenvalue weighted by Crippen LogP contribution is -2.54. The number of amides is 3. The Balaban J connectivity index is 1.94. The van der Waals surface area contributed by atoms with Gasteiger partial charge in [0.05, 0.1) is 11.6 Å². The highest BCUT2D eigenvalue weighted by Gasteiger charge is 2.25. The molecule has 1 atom stereocenters. The van der Waals surface area contributed by atoms with Gasteiger partial charge < -0.3 is 20.9 Å². The molecule has 8 heteroatoms. The molecule has 1 saturated heterocycles. The number of piperazine rings is 1. The molecule has 0 spiro atoms. The third-order valence-corrected chi connectivity index (χ3v) is 3.52. The van der Waals surface area contributed by atoms with Gasteiger partial charge >= 0.3 is 6.03 Å². The van der Waals surface area contributed by atoms with Crippen LogP contribution < -0.4 is 16.0 Å². The van der Waals surface area contributed by atoms with Crippen molar-refractivity contribution < 1.29 is 9.59 Å². The van der Waals surface area contributed by atoms with Gasteiger partial charge in [0.1, 0.15) is 11.9 Å². The second-order valence-electron chi connectivity index (χ2n) is 5.06. The fourth-order valence-electron chi connectivity index (χ4n) is 2.37. The first-order valence-corrected chi connectivity index (χ1v) is 6.97. The van der Waals surface area contributed by atoms with Crippen molar-refractivity contribution in [2.24, 2.45) is 5.73 Å². The number of nitrogens with zero attached hydrogens (tertiary/aromatic N) is 4. The molecule has 3 N–H and O–H groups in total. The lowest BCUT2D eigenvalue weighted by Gasteiger charge is -2.36. The first kappa shape index (κ1) is 15.6. The number of nitrogens with one attached hydrogen (secondary N) is 1. The minimum atomic E-state index is -0.711. The van der Waals surface area contributed by atoms with E-state index in [1.807, 2.05) is 4.90 Å². The Hall–Kier alpha value is -2.82. The maximum absolute atomic E-state index is 12.2. The topological polar surface area (TPSA) is 115 Å². The van der Waals surface area contributed by atoms with Gasteiger partial charge in [0.2, 0.25) is 5.91 Å². The number of pyridine rings is 1. The molecule has 0 aliphatic carbocycles. The number of rotatable bonds is 3. The molecule has 22 heavy (non-hydrogen) atoms. The predicted molar refractivity (Wildman–Crippen MR) is 79.9 cm³/mol. The lowest BCUT2D eigenvalue weighted by atomic mass is 10.2. The molecule has 0 radical (unpaired) electrons. The Morgan fingerprint density at radius 1 is 1.41 bits per heavy atom. The molecule has 1 aromatic heterocycles. The summed E-state index contributed by atoms with van der Waals surface area (Å²) in [5.41, 5.74) is 5.58. The quantitative estimate of drug-likeness (QED) is 0.792. The maximum atomic E-state index is 12.2. The van der Waals surface area contributed by atoms with E-state index in [0.29, 0.717) is 31.7 Å². The monoisotopic (exact) mass is 302 g/mol. The molecule has 1 aromatic rings. The molecule has 116 valence electrons. The third-order valence-electron chi connectivity index (χ3n) is 3.52. The smallest absolute Gasteiger partial charge is 0.312 e. The average molecular weight is 302 g/mol. The minimum Gasteiger partial charge on any atom is -0.353 e. The van der Waals surface area contributed by atoms with Gasteiger partial charge in [-0.3, -0.25) is 4.79 Å². The SMILES string of the molecule is C[C@H](NC(N)=O)C(=O)N1CCN(c2cc(C#N)ccn2)CC1. The van der Waals surface area contributed by atoms with Crippen LogP contribution in [0.15, 0.2) is 18.3 Å². The summed E-state index contributed by atoms with van der Waals surface area (Å²) in [5, 5.41) is 11.3. The van der Waals surface area contributed by atoms with Gasteiger partial charge in [-0.2, -0.15) is 5.26 Å². The summed E-state index contributed by atoms with van der Waals surface area (Å²) >= 11 is 0. The van der Waals surface area contributed by atoms with Crippen molar-refractivity contribution in [3.05, 3.63) is 23.9 Å². The summed E-state index contributed by atoms with van der Waals surface area (Å²) in [7, 11) is 0. The number of nitriles is 1. The standard InChI is InChI=1S/C14H18N6O2/c1-10(18-14(16)22)13(21)20-6-4-19(5-7-20)12-8-11(9-15)2-3-17-12/h2-3,8,10H,4-7H2,1H3,(H3,16,18,22)/t10-/m0/s1. The number of hydrogen-bond donors (Lipinski definition) is 2. The first-order valence-electron chi connectivity index (χ1n) is 6.97. The summed E-state index contributed by atoms with van der Waals surface area (Å²) in [6, 6.07) is 4.12. The van der Waals surface area contributed by atoms with Crippen molar-refractivity contribution in [2.75, 3.05) is 31.1 Å². The maximum Gasteiger partial charge on any atom is 0.312 e. The van der Waals surface area contributed by atoms with E-state index in [2.05, 4.69) is 16.4 Å². The van der Waals surface area contributed by atoms with Crippen LogP contribution in [0.1, 0.15) is 12.5 Å². The van der Waals surface area contributed by atoms with Gasteiger partial charge in [0, 0.05) is 32.4 Å². The van der Waals surface area contributed by atoms with Gasteiger partial charge in [-0.25, -0.2) is 9.78 Å². The largest absolute Gasteiger partial charge is 0.353 e. The number of aromatic nitrogens is 1. The number of primary amides is 1. The van der Waals surface area contributed by atoms with E-state index >= 15 is 0 Å². The van der Waals surface area contributed by atoms with Gasteiger partial charge in [0.15, 0.2) is 0 Å². The molecule has 0 saturated carbocycles. The molecule has 3 amide bonds. The Kier molecular flexibility index (Phi) is 4.78. The fourth-order valence-corrected chi connectivity index (χ4v) is 2.37. The summed E-state index contributed by atoms with van der Waals surface area (Å²) < 4.78 is 0. The molecule has 8 nitrogen and oxygen atoms in total. The number of carbonyl (C=O) groups excluding carboxylic acids is 2. The van der Waals surface area contributed by atoms with E-state index in [-0.39, 0.29) is 5.91 Å². The van der Waals surface area contributed by atoms with Crippen molar-refractivity contribution in [1.82, 2.24) is 15.2 Å². The van der Waals surface area contributed by atoms with Gasteiger partial charge in [0.25, 0.3) is 0 Å². The molecule has 0 bridgehead atoms. The van der Waals surface area contributed by atoms with Crippen molar-refractivity contribution in [3.8, 4) is 6.07 Å². The third kappa shape index (κ3) is 3.63. The van der Waals surface area contributed by atoms with Crippen molar-refractivity contribution in [3.63, 3.8) is 0 Å². The molecule has 1 aliphatic rings. The highest BCUT2D eigenvalue weighted by Crippen LogP contribution is 2.15. The van der Waals surface area contributed by atoms with Crippen LogP contribution in [0.3, 0.4) is 0 Å². The van der Waals surface area contributed by atoms with Crippen molar-refractivity contribution in [1.29, 1.82) is 5.26 Å². The molecular weight excluding hydrogens is 284 g/mol. The number of nitrogens with two attached hydrogens (primary N) is 1. The summed E-state index contributed by atoms with van der Waals surface area (Å²) in [5.74, 6) is 0.576. The Morgan fingerprint density at radius 3 is 2.68 bits per heavy atom. The van der Waals surface area contributed by atoms with Crippen LogP contribution in [0.4, 0.5) is 10.6 Å². The molecular formula is C14H18N6O2. The average Bonchev–Trinajstić information content (AvgIpc) is 2.53. The van der Waals surface area contributed by atoms with Crippen molar-refractivity contribution >= 4 is 17.8 Å². The Labute approximate surface area is 128 Å². The normalized spacial score (nSPS) is 15.8. The van der Waals surface area contributed by atoms with Crippen LogP contribution >= 0.6 is 0 Å². The van der Waals surface area contributed by atoms with Crippen LogP contribution in [0, 0.1) is 11.3 Å². The number of hydrogen-bond acceptors (Lipinski definition) is 5. The molecule has 0 aromatic carbocycles. The summed E-state index contributed by atoms with van der Waals surface area (Å²) in [6.07, 6.45) is 1.60. The van der Waals surface area contributed by atoms with E-state index in [1.54, 1.807) is 30.2 Å². The molecule has 1 fully saturated rings. The second kappa shape index (κ2) is 6.76. The molecule has 1 aliphatic heterocycles. The first-order chi connectivity index (χ1) is 10.5. The van der Waals surface area contributed by atoms with Crippen LogP contribution in [0.25, 0.3) is 0 Å². The second-order valence-corrected chi connectivity index (χ2v) is 5.06. The zero-order chi connectivity index (χ0) is 16.1. The number of anilines is 1. The number of carbonyl (C=O) groups is 2. The van der Waals surface area contributed by atoms with Gasteiger partial charge in [-0.1, -0.05) is 0 Å². The summed E-state index contributed by atoms with van der Waals surface area (Å²) in [4.78, 5) is 30.9. The Bertz CT molecular complexity index is 604. The molecule has 2 heterocycles. The highest BCUT2D eigenvalue weighted by atomic mass is 16.2. The highest BCUT2D eigenvalue weighted by molar-refractivity contribution is 5.86. The molecule has 0 unspecified atom stereocenters. The zero-order valence-electron chi connectivity index (χ0n) is 12.3. The van der Waals surface area contributed by atoms with Crippen LogP contribution in [0.5, 0.6) is 0 Å². The van der Waals surface area contributed by atoms with E-state index in [4.69, 9.17) is 11.0 Å². The van der Waals surface area contributed by atoms with E-state index in [1.165, 1.54) is 0 Å². The van der Waals surface area contributed by atoms with Crippen LogP contribution in [-0.2, 0) is 4.79 Å². The van der Waals surface area contributed by atoms with Crippen LogP contribution in [0.2, 0.25) is 0 Å². The van der Waals surface area contributed by atoms with E-state index in [9.17, 15) is 9.59 Å². The van der Waals surface area contributed by atoms with Gasteiger partial charge in [-0.15, -0.1) is 0 Å². The number of urea groups is 1. The predicted octanol–water partition coefficient (Wildman–Crippen LogP) is -0.341. The van der Waals surface area contributed by atoms with E-state index < -0.39 is 12.1 Å². The fraction of sp³-hybridized carbons (Fsp3) is 0.429. The Morgan fingerprint density at radius 2 is 2.09 bits per heavy atom. The zero-order valence-corrected chi connectivity index (χ0v) is 12.3. The van der Waals surface area contributed by atoms with Crippen molar-refractivity contribution in [2.45, 2.75) is 13.0 Å². The van der Waals surface area contributed by atoms with Crippen LogP contribution in [-0.4, -0.2) is 54.0 Å². The molecule has 2 rings (SSSR count). The minimum absolute atomic E-state index is 0.155. The van der Waals surface area contributed by atoms with E-state index in [0.717, 1.165) is 5.82 Å². The van der Waals surface area contributed by atoms with Gasteiger partial charge in [-0.05, 0) is 19.1 Å². The lowest BCUT2D eigenvalue weighted by molar-refractivity contribution is -0.133.